The summed E-state index contributed by atoms with van der Waals surface area (Å²) in [5.74, 6) is 5.94. The van der Waals surface area contributed by atoms with Gasteiger partial charge in [0.25, 0.3) is 0 Å². The van der Waals surface area contributed by atoms with E-state index in [0.29, 0.717) is 5.82 Å². The summed E-state index contributed by atoms with van der Waals surface area (Å²) in [4.78, 5) is 8.15. The van der Waals surface area contributed by atoms with Crippen LogP contribution in [-0.4, -0.2) is 9.97 Å². The Morgan fingerprint density at radius 2 is 2.18 bits per heavy atom. The van der Waals surface area contributed by atoms with Crippen molar-refractivity contribution in [1.82, 2.24) is 9.97 Å². The second kappa shape index (κ2) is 5.27. The molecule has 5 heteroatoms. The van der Waals surface area contributed by atoms with E-state index >= 15 is 0 Å². The molecular weight excluding hydrogens is 214 g/mol. The number of nitrogens with two attached hydrogens (primary N) is 1. The fourth-order valence-electron chi connectivity index (χ4n) is 1.56. The van der Waals surface area contributed by atoms with Crippen LogP contribution in [0.25, 0.3) is 0 Å². The first-order chi connectivity index (χ1) is 8.29. The number of nitrogens with one attached hydrogen (secondary N) is 2. The van der Waals surface area contributed by atoms with Crippen molar-refractivity contribution in [2.24, 2.45) is 5.84 Å². The molecular formula is C12H15N5. The number of hydrogen-bond acceptors (Lipinski definition) is 5. The molecule has 0 aromatic carbocycles. The van der Waals surface area contributed by atoms with Crippen LogP contribution in [0.2, 0.25) is 0 Å². The maximum atomic E-state index is 5.31. The van der Waals surface area contributed by atoms with Crippen LogP contribution in [0, 0.1) is 0 Å². The van der Waals surface area contributed by atoms with E-state index in [-0.39, 0.29) is 6.04 Å². The molecule has 0 aliphatic rings. The molecule has 0 spiro atoms. The molecule has 0 radical (unpaired) electrons. The predicted octanol–water partition coefficient (Wildman–Crippen LogP) is 1.94. The van der Waals surface area contributed by atoms with E-state index in [4.69, 9.17) is 5.84 Å². The minimum atomic E-state index is 0.178. The SMILES string of the molecule is CC(Nc1ccnc(NN)c1)c1cccnc1. The number of pyridine rings is 2. The summed E-state index contributed by atoms with van der Waals surface area (Å²) >= 11 is 0. The molecule has 1 atom stereocenters. The predicted molar refractivity (Wildman–Crippen MR) is 68.3 cm³/mol. The number of hydrogen-bond donors (Lipinski definition) is 3. The average Bonchev–Trinajstić information content (AvgIpc) is 2.40. The van der Waals surface area contributed by atoms with Crippen molar-refractivity contribution < 1.29 is 0 Å². The fourth-order valence-corrected chi connectivity index (χ4v) is 1.56. The maximum absolute atomic E-state index is 5.31. The topological polar surface area (TPSA) is 75.9 Å². The third-order valence-corrected chi connectivity index (χ3v) is 2.48. The Labute approximate surface area is 100 Å². The second-order valence-electron chi connectivity index (χ2n) is 3.73. The van der Waals surface area contributed by atoms with Crippen LogP contribution in [0.4, 0.5) is 11.5 Å². The molecule has 0 fully saturated rings. The molecule has 0 amide bonds. The van der Waals surface area contributed by atoms with Crippen LogP contribution < -0.4 is 16.6 Å². The highest BCUT2D eigenvalue weighted by molar-refractivity contribution is 5.52. The Bertz CT molecular complexity index is 471. The van der Waals surface area contributed by atoms with Gasteiger partial charge in [-0.15, -0.1) is 0 Å². The summed E-state index contributed by atoms with van der Waals surface area (Å²) in [6.45, 7) is 2.08. The Kier molecular flexibility index (Phi) is 3.52. The lowest BCUT2D eigenvalue weighted by molar-refractivity contribution is 0.875. The van der Waals surface area contributed by atoms with Gasteiger partial charge in [0.1, 0.15) is 5.82 Å². The standard InChI is InChI=1S/C12H15N5/c1-9(10-3-2-5-14-8-10)16-11-4-6-15-12(7-11)17-13/h2-9H,13H2,1H3,(H2,15,16,17). The van der Waals surface area contributed by atoms with Crippen molar-refractivity contribution in [3.8, 4) is 0 Å². The highest BCUT2D eigenvalue weighted by atomic mass is 15.2. The van der Waals surface area contributed by atoms with E-state index in [2.05, 4.69) is 27.6 Å². The minimum Gasteiger partial charge on any atom is -0.378 e. The Morgan fingerprint density at radius 1 is 1.29 bits per heavy atom. The van der Waals surface area contributed by atoms with Gasteiger partial charge in [0, 0.05) is 30.3 Å². The van der Waals surface area contributed by atoms with E-state index in [9.17, 15) is 0 Å². The molecule has 0 saturated heterocycles. The zero-order valence-electron chi connectivity index (χ0n) is 9.59. The van der Waals surface area contributed by atoms with E-state index in [1.165, 1.54) is 0 Å². The normalized spacial score (nSPS) is 11.9. The van der Waals surface area contributed by atoms with Crippen LogP contribution in [0.3, 0.4) is 0 Å². The Balaban J connectivity index is 2.10. The van der Waals surface area contributed by atoms with Crippen molar-refractivity contribution in [3.63, 3.8) is 0 Å². The summed E-state index contributed by atoms with van der Waals surface area (Å²) in [7, 11) is 0. The summed E-state index contributed by atoms with van der Waals surface area (Å²) in [6.07, 6.45) is 5.31. The smallest absolute Gasteiger partial charge is 0.141 e. The molecule has 88 valence electrons. The second-order valence-corrected chi connectivity index (χ2v) is 3.73. The minimum absolute atomic E-state index is 0.178. The first-order valence-corrected chi connectivity index (χ1v) is 5.38. The van der Waals surface area contributed by atoms with Crippen LogP contribution in [0.15, 0.2) is 42.9 Å². The van der Waals surface area contributed by atoms with Gasteiger partial charge in [-0.3, -0.25) is 4.98 Å². The lowest BCUT2D eigenvalue weighted by Gasteiger charge is -2.15. The molecule has 0 bridgehead atoms. The van der Waals surface area contributed by atoms with Gasteiger partial charge >= 0.3 is 0 Å². The van der Waals surface area contributed by atoms with Crippen LogP contribution in [0.1, 0.15) is 18.5 Å². The van der Waals surface area contributed by atoms with Crippen molar-refractivity contribution >= 4 is 11.5 Å². The van der Waals surface area contributed by atoms with Gasteiger partial charge in [-0.25, -0.2) is 10.8 Å². The highest BCUT2D eigenvalue weighted by Crippen LogP contribution is 2.19. The zero-order valence-corrected chi connectivity index (χ0v) is 9.59. The first kappa shape index (κ1) is 11.3. The molecule has 17 heavy (non-hydrogen) atoms. The number of nitrogens with zero attached hydrogens (tertiary/aromatic N) is 2. The molecule has 2 heterocycles. The lowest BCUT2D eigenvalue weighted by Crippen LogP contribution is -2.10. The molecule has 2 aromatic rings. The van der Waals surface area contributed by atoms with E-state index in [1.807, 2.05) is 30.5 Å². The molecule has 1 unspecified atom stereocenters. The van der Waals surface area contributed by atoms with Gasteiger partial charge in [0.2, 0.25) is 0 Å². The Hall–Kier alpha value is -2.14. The van der Waals surface area contributed by atoms with Gasteiger partial charge in [-0.05, 0) is 24.6 Å². The molecule has 0 saturated carbocycles. The number of hydrazine groups is 1. The summed E-state index contributed by atoms with van der Waals surface area (Å²) in [5, 5.41) is 3.36. The van der Waals surface area contributed by atoms with Gasteiger partial charge < -0.3 is 10.7 Å². The molecule has 4 N–H and O–H groups in total. The molecule has 0 aliphatic carbocycles. The van der Waals surface area contributed by atoms with Gasteiger partial charge in [0.05, 0.1) is 6.04 Å². The van der Waals surface area contributed by atoms with E-state index in [0.717, 1.165) is 11.3 Å². The molecule has 2 aromatic heterocycles. The number of anilines is 2. The third-order valence-electron chi connectivity index (χ3n) is 2.48. The molecule has 0 aliphatic heterocycles. The van der Waals surface area contributed by atoms with Crippen LogP contribution >= 0.6 is 0 Å². The highest BCUT2D eigenvalue weighted by Gasteiger charge is 2.05. The van der Waals surface area contributed by atoms with Crippen molar-refractivity contribution in [3.05, 3.63) is 48.4 Å². The van der Waals surface area contributed by atoms with Gasteiger partial charge in [-0.1, -0.05) is 6.07 Å². The van der Waals surface area contributed by atoms with Gasteiger partial charge in [-0.2, -0.15) is 0 Å². The van der Waals surface area contributed by atoms with E-state index in [1.54, 1.807) is 12.4 Å². The van der Waals surface area contributed by atoms with Crippen LogP contribution in [-0.2, 0) is 0 Å². The zero-order chi connectivity index (χ0) is 12.1. The van der Waals surface area contributed by atoms with Crippen LogP contribution in [0.5, 0.6) is 0 Å². The molecule has 2 rings (SSSR count). The number of aromatic nitrogens is 2. The van der Waals surface area contributed by atoms with Gasteiger partial charge in [0.15, 0.2) is 0 Å². The first-order valence-electron chi connectivity index (χ1n) is 5.38. The summed E-state index contributed by atoms with van der Waals surface area (Å²) in [6, 6.07) is 7.89. The number of nitrogen functional groups attached to an aromatic ring is 1. The summed E-state index contributed by atoms with van der Waals surface area (Å²) < 4.78 is 0. The number of rotatable bonds is 4. The monoisotopic (exact) mass is 229 g/mol. The molecule has 5 nitrogen and oxygen atoms in total. The third kappa shape index (κ3) is 2.92. The lowest BCUT2D eigenvalue weighted by atomic mass is 10.1. The summed E-state index contributed by atoms with van der Waals surface area (Å²) in [5.41, 5.74) is 4.61. The largest absolute Gasteiger partial charge is 0.378 e. The van der Waals surface area contributed by atoms with Crippen molar-refractivity contribution in [1.29, 1.82) is 0 Å². The van der Waals surface area contributed by atoms with Crippen molar-refractivity contribution in [2.45, 2.75) is 13.0 Å². The average molecular weight is 229 g/mol. The Morgan fingerprint density at radius 3 is 2.88 bits per heavy atom. The fraction of sp³-hybridized carbons (Fsp3) is 0.167. The maximum Gasteiger partial charge on any atom is 0.141 e. The quantitative estimate of drug-likeness (QED) is 0.551. The van der Waals surface area contributed by atoms with E-state index < -0.39 is 0 Å². The van der Waals surface area contributed by atoms with Crippen molar-refractivity contribution in [2.75, 3.05) is 10.7 Å².